The van der Waals surface area contributed by atoms with Crippen LogP contribution in [-0.2, 0) is 4.79 Å². The van der Waals surface area contributed by atoms with E-state index >= 15 is 0 Å². The average molecular weight is 403 g/mol. The molecule has 0 bridgehead atoms. The Morgan fingerprint density at radius 3 is 2.66 bits per heavy atom. The third kappa shape index (κ3) is 4.39. The normalized spacial score (nSPS) is 15.9. The van der Waals surface area contributed by atoms with Crippen LogP contribution in [0.15, 0.2) is 36.4 Å². The third-order valence-corrected chi connectivity index (χ3v) is 4.99. The lowest BCUT2D eigenvalue weighted by atomic mass is 9.92. The summed E-state index contributed by atoms with van der Waals surface area (Å²) in [6.07, 6.45) is 0.210. The number of hydrogen-bond donors (Lipinski definition) is 0. The molecule has 1 aliphatic rings. The first-order valence-corrected chi connectivity index (χ1v) is 9.28. The lowest BCUT2D eigenvalue weighted by Crippen LogP contribution is -2.36. The Labute approximate surface area is 168 Å². The zero-order valence-electron chi connectivity index (χ0n) is 16.8. The lowest BCUT2D eigenvalue weighted by Gasteiger charge is -2.32. The van der Waals surface area contributed by atoms with Crippen LogP contribution < -0.4 is 9.47 Å². The number of Topliss-reactive ketones (excluding diaryl/α,β-unsaturated/α-hetero) is 1. The highest BCUT2D eigenvalue weighted by Crippen LogP contribution is 2.38. The summed E-state index contributed by atoms with van der Waals surface area (Å²) in [5.74, 6) is -1.68. The second-order valence-corrected chi connectivity index (χ2v) is 7.73. The minimum Gasteiger partial charge on any atom is -0.486 e. The fourth-order valence-electron chi connectivity index (χ4n) is 3.25. The Kier molecular flexibility index (Phi) is 5.59. The summed E-state index contributed by atoms with van der Waals surface area (Å²) in [6, 6.07) is 8.04. The Morgan fingerprint density at radius 1 is 1.24 bits per heavy atom. The number of carbonyl (C=O) groups is 2. The molecule has 0 unspecified atom stereocenters. The summed E-state index contributed by atoms with van der Waals surface area (Å²) in [5.41, 5.74) is 0.192. The number of benzene rings is 2. The molecule has 0 aliphatic carbocycles. The molecule has 1 amide bonds. The van der Waals surface area contributed by atoms with E-state index in [0.29, 0.717) is 16.9 Å². The largest absolute Gasteiger partial charge is 0.486 e. The molecule has 3 rings (SSSR count). The summed E-state index contributed by atoms with van der Waals surface area (Å²) in [7, 11) is 1.55. The van der Waals surface area contributed by atoms with Crippen molar-refractivity contribution in [2.24, 2.45) is 0 Å². The van der Waals surface area contributed by atoms with E-state index in [0.717, 1.165) is 12.1 Å². The van der Waals surface area contributed by atoms with Crippen molar-refractivity contribution >= 4 is 11.7 Å². The van der Waals surface area contributed by atoms with E-state index in [9.17, 15) is 18.4 Å². The van der Waals surface area contributed by atoms with Gasteiger partial charge in [-0.25, -0.2) is 8.78 Å². The fourth-order valence-corrected chi connectivity index (χ4v) is 3.25. The van der Waals surface area contributed by atoms with Crippen molar-refractivity contribution in [2.45, 2.75) is 38.8 Å². The van der Waals surface area contributed by atoms with Gasteiger partial charge in [-0.1, -0.05) is 12.1 Å². The summed E-state index contributed by atoms with van der Waals surface area (Å²) in [6.45, 7) is 5.06. The number of ether oxygens (including phenoxy) is 2. The number of rotatable bonds is 5. The van der Waals surface area contributed by atoms with Crippen LogP contribution >= 0.6 is 0 Å². The van der Waals surface area contributed by atoms with Crippen LogP contribution in [0.2, 0.25) is 0 Å². The molecule has 0 fully saturated rings. The maximum Gasteiger partial charge on any atom is 0.260 e. The van der Waals surface area contributed by atoms with Crippen LogP contribution in [0, 0.1) is 11.6 Å². The molecule has 0 aromatic heterocycles. The van der Waals surface area contributed by atoms with Gasteiger partial charge in [0.2, 0.25) is 0 Å². The second-order valence-electron chi connectivity index (χ2n) is 7.73. The van der Waals surface area contributed by atoms with E-state index in [-0.39, 0.29) is 30.5 Å². The molecular formula is C22H23F2NO4. The number of fused-ring (bicyclic) bond motifs is 1. The molecule has 1 aliphatic heterocycles. The van der Waals surface area contributed by atoms with E-state index in [1.165, 1.54) is 11.0 Å². The minimum absolute atomic E-state index is 0.109. The minimum atomic E-state index is -0.969. The van der Waals surface area contributed by atoms with Gasteiger partial charge in [-0.2, -0.15) is 0 Å². The number of hydrogen-bond acceptors (Lipinski definition) is 4. The molecule has 1 atom stereocenters. The van der Waals surface area contributed by atoms with Gasteiger partial charge in [0.15, 0.2) is 24.0 Å². The van der Waals surface area contributed by atoms with Gasteiger partial charge in [0.25, 0.3) is 5.91 Å². The highest BCUT2D eigenvalue weighted by Gasteiger charge is 2.34. The zero-order chi connectivity index (χ0) is 21.3. The van der Waals surface area contributed by atoms with Gasteiger partial charge < -0.3 is 14.4 Å². The third-order valence-electron chi connectivity index (χ3n) is 4.99. The molecule has 2 aromatic carbocycles. The second kappa shape index (κ2) is 7.81. The van der Waals surface area contributed by atoms with Gasteiger partial charge >= 0.3 is 0 Å². The Morgan fingerprint density at radius 2 is 1.97 bits per heavy atom. The van der Waals surface area contributed by atoms with Crippen molar-refractivity contribution < 1.29 is 27.8 Å². The maximum absolute atomic E-state index is 13.5. The summed E-state index contributed by atoms with van der Waals surface area (Å²) >= 11 is 0. The van der Waals surface area contributed by atoms with E-state index in [1.54, 1.807) is 32.2 Å². The Hall–Kier alpha value is -2.96. The van der Waals surface area contributed by atoms with Crippen LogP contribution in [0.3, 0.4) is 0 Å². The van der Waals surface area contributed by atoms with Crippen molar-refractivity contribution in [3.63, 3.8) is 0 Å². The van der Waals surface area contributed by atoms with E-state index in [2.05, 4.69) is 0 Å². The van der Waals surface area contributed by atoms with Crippen LogP contribution in [0.5, 0.6) is 11.5 Å². The molecule has 5 nitrogen and oxygen atoms in total. The van der Waals surface area contributed by atoms with Crippen LogP contribution in [0.1, 0.15) is 49.2 Å². The van der Waals surface area contributed by atoms with Crippen molar-refractivity contribution in [2.75, 3.05) is 13.7 Å². The Bertz CT molecular complexity index is 958. The number of halogens is 2. The maximum atomic E-state index is 13.5. The smallest absolute Gasteiger partial charge is 0.260 e. The molecule has 7 heteroatoms. The van der Waals surface area contributed by atoms with E-state index < -0.39 is 23.3 Å². The highest BCUT2D eigenvalue weighted by atomic mass is 19.2. The first kappa shape index (κ1) is 20.8. The summed E-state index contributed by atoms with van der Waals surface area (Å²) in [4.78, 5) is 26.5. The monoisotopic (exact) mass is 403 g/mol. The Balaban J connectivity index is 1.71. The van der Waals surface area contributed by atoms with Gasteiger partial charge in [0.1, 0.15) is 22.7 Å². The molecular weight excluding hydrogens is 380 g/mol. The molecule has 0 radical (unpaired) electrons. The summed E-state index contributed by atoms with van der Waals surface area (Å²) < 4.78 is 38.1. The van der Waals surface area contributed by atoms with Crippen LogP contribution in [0.4, 0.5) is 8.78 Å². The number of nitrogens with zero attached hydrogens (tertiary/aromatic N) is 1. The zero-order valence-corrected chi connectivity index (χ0v) is 16.8. The van der Waals surface area contributed by atoms with Crippen molar-refractivity contribution in [3.05, 3.63) is 59.2 Å². The van der Waals surface area contributed by atoms with Crippen molar-refractivity contribution in [3.8, 4) is 11.5 Å². The number of likely N-dealkylation sites (N-methyl/N-ethyl adjacent to an activating group) is 1. The molecule has 154 valence electrons. The van der Waals surface area contributed by atoms with Crippen molar-refractivity contribution in [1.82, 2.24) is 4.90 Å². The van der Waals surface area contributed by atoms with Crippen LogP contribution in [-0.4, -0.2) is 35.8 Å². The molecule has 1 heterocycles. The average Bonchev–Trinajstić information content (AvgIpc) is 2.65. The first-order chi connectivity index (χ1) is 13.6. The predicted molar refractivity (Wildman–Crippen MR) is 103 cm³/mol. The van der Waals surface area contributed by atoms with E-state index in [4.69, 9.17) is 9.47 Å². The lowest BCUT2D eigenvalue weighted by molar-refractivity contribution is -0.134. The molecule has 0 spiro atoms. The number of carbonyl (C=O) groups excluding carboxylic acids is 2. The molecule has 0 saturated carbocycles. The topological polar surface area (TPSA) is 55.8 Å². The first-order valence-electron chi connectivity index (χ1n) is 9.28. The molecule has 0 saturated heterocycles. The molecule has 0 N–H and O–H groups in total. The van der Waals surface area contributed by atoms with E-state index in [1.807, 2.05) is 13.8 Å². The van der Waals surface area contributed by atoms with Crippen LogP contribution in [0.25, 0.3) is 0 Å². The molecule has 2 aromatic rings. The highest BCUT2D eigenvalue weighted by molar-refractivity contribution is 6.02. The van der Waals surface area contributed by atoms with Gasteiger partial charge in [-0.15, -0.1) is 0 Å². The van der Waals surface area contributed by atoms with Gasteiger partial charge in [-0.05, 0) is 50.6 Å². The fraction of sp³-hybridized carbons (Fsp3) is 0.364. The van der Waals surface area contributed by atoms with Gasteiger partial charge in [0.05, 0.1) is 12.5 Å². The number of amides is 1. The number of ketones is 1. The predicted octanol–water partition coefficient (Wildman–Crippen LogP) is 4.31. The summed E-state index contributed by atoms with van der Waals surface area (Å²) in [5, 5.41) is 0. The SMILES string of the molecule is C[C@H](c1ccc(F)c(F)c1)N(C)C(=O)COc1cccc2c1C(=O)CC(C)(C)O2. The molecule has 29 heavy (non-hydrogen) atoms. The quantitative estimate of drug-likeness (QED) is 0.747. The van der Waals surface area contributed by atoms with Gasteiger partial charge in [-0.3, -0.25) is 9.59 Å². The standard InChI is InChI=1S/C22H23F2NO4/c1-13(14-8-9-15(23)16(24)10-14)25(4)20(27)12-28-18-6-5-7-19-21(18)17(26)11-22(2,3)29-19/h5-10,13H,11-12H2,1-4H3/t13-/m1/s1. The van der Waals surface area contributed by atoms with Crippen molar-refractivity contribution in [1.29, 1.82) is 0 Å². The van der Waals surface area contributed by atoms with Gasteiger partial charge in [0, 0.05) is 7.05 Å².